The molecule has 24 heavy (non-hydrogen) atoms. The minimum absolute atomic E-state index is 0.00720. The number of hydrogen-bond donors (Lipinski definition) is 0. The molecule has 0 N–H and O–H groups in total. The molecule has 1 unspecified atom stereocenters. The van der Waals surface area contributed by atoms with Gasteiger partial charge in [0.15, 0.2) is 10.9 Å². The van der Waals surface area contributed by atoms with E-state index < -0.39 is 0 Å². The largest absolute Gasteiger partial charge is 0.497 e. The summed E-state index contributed by atoms with van der Waals surface area (Å²) in [6, 6.07) is 14.4. The first-order chi connectivity index (χ1) is 11.5. The van der Waals surface area contributed by atoms with Crippen LogP contribution >= 0.6 is 11.8 Å². The average Bonchev–Trinajstić information content (AvgIpc) is 2.61. The summed E-state index contributed by atoms with van der Waals surface area (Å²) in [5, 5.41) is -0.235. The van der Waals surface area contributed by atoms with Crippen LogP contribution in [0.1, 0.15) is 34.5 Å². The normalized spacial score (nSPS) is 11.6. The predicted octanol–water partition coefficient (Wildman–Crippen LogP) is 4.30. The zero-order chi connectivity index (χ0) is 17.5. The lowest BCUT2D eigenvalue weighted by Crippen LogP contribution is -2.07. The smallest absolute Gasteiger partial charge is 0.186 e. The van der Waals surface area contributed by atoms with Crippen molar-refractivity contribution in [3.63, 3.8) is 0 Å². The third kappa shape index (κ3) is 4.86. The van der Waals surface area contributed by atoms with Gasteiger partial charge in [0.25, 0.3) is 0 Å². The average molecular weight is 344 g/mol. The highest BCUT2D eigenvalue weighted by Gasteiger charge is 2.20. The molecule has 0 radical (unpaired) electrons. The van der Waals surface area contributed by atoms with E-state index in [1.165, 1.54) is 18.7 Å². The van der Waals surface area contributed by atoms with Crippen LogP contribution in [0.5, 0.6) is 11.5 Å². The Bertz CT molecular complexity index is 692. The second-order valence-electron chi connectivity index (χ2n) is 5.23. The molecular formula is C19H20O4S. The minimum atomic E-state index is -0.219. The molecule has 0 spiro atoms. The summed E-state index contributed by atoms with van der Waals surface area (Å²) in [7, 11) is 3.18. The Morgan fingerprint density at radius 2 is 1.42 bits per heavy atom. The number of thioether (sulfide) groups is 1. The maximum atomic E-state index is 12.5. The Labute approximate surface area is 146 Å². The Morgan fingerprint density at radius 3 is 1.88 bits per heavy atom. The van der Waals surface area contributed by atoms with Crippen LogP contribution in [0.2, 0.25) is 0 Å². The molecule has 0 saturated carbocycles. The van der Waals surface area contributed by atoms with Gasteiger partial charge >= 0.3 is 0 Å². The molecule has 2 rings (SSSR count). The van der Waals surface area contributed by atoms with Crippen molar-refractivity contribution in [1.29, 1.82) is 0 Å². The fraction of sp³-hybridized carbons (Fsp3) is 0.263. The molecular weight excluding hydrogens is 324 g/mol. The van der Waals surface area contributed by atoms with E-state index in [4.69, 9.17) is 9.47 Å². The summed E-state index contributed by atoms with van der Waals surface area (Å²) >= 11 is 1.17. The minimum Gasteiger partial charge on any atom is -0.497 e. The van der Waals surface area contributed by atoms with Gasteiger partial charge in [-0.05, 0) is 42.0 Å². The molecule has 0 aliphatic carbocycles. The zero-order valence-electron chi connectivity index (χ0n) is 13.9. The molecule has 0 heterocycles. The maximum Gasteiger partial charge on any atom is 0.186 e. The number of Topliss-reactive ketones (excluding diaryl/α,β-unsaturated/α-hetero) is 1. The van der Waals surface area contributed by atoms with E-state index in [0.717, 1.165) is 11.3 Å². The Morgan fingerprint density at radius 1 is 0.917 bits per heavy atom. The number of carbonyl (C=O) groups is 2. The van der Waals surface area contributed by atoms with Gasteiger partial charge in [0.05, 0.1) is 14.2 Å². The van der Waals surface area contributed by atoms with E-state index in [0.29, 0.717) is 11.3 Å². The SMILES string of the molecule is COc1ccc(C(=O)CC(SC(C)=O)c2ccc(OC)cc2)cc1. The van der Waals surface area contributed by atoms with Crippen LogP contribution in [0.15, 0.2) is 48.5 Å². The first kappa shape index (κ1) is 18.1. The van der Waals surface area contributed by atoms with Crippen LogP contribution in [-0.2, 0) is 4.79 Å². The van der Waals surface area contributed by atoms with Gasteiger partial charge in [0.2, 0.25) is 0 Å². The topological polar surface area (TPSA) is 52.6 Å². The summed E-state index contributed by atoms with van der Waals surface area (Å²) in [6.45, 7) is 1.51. The summed E-state index contributed by atoms with van der Waals surface area (Å²) in [5.74, 6) is 1.44. The van der Waals surface area contributed by atoms with Crippen LogP contribution in [0.3, 0.4) is 0 Å². The lowest BCUT2D eigenvalue weighted by Gasteiger charge is -2.15. The third-order valence-corrected chi connectivity index (χ3v) is 4.63. The van der Waals surface area contributed by atoms with E-state index in [-0.39, 0.29) is 22.6 Å². The van der Waals surface area contributed by atoms with Gasteiger partial charge < -0.3 is 9.47 Å². The molecule has 0 aliphatic heterocycles. The highest BCUT2D eigenvalue weighted by atomic mass is 32.2. The van der Waals surface area contributed by atoms with Crippen molar-refractivity contribution < 1.29 is 19.1 Å². The lowest BCUT2D eigenvalue weighted by atomic mass is 10.0. The lowest BCUT2D eigenvalue weighted by molar-refractivity contribution is -0.109. The van der Waals surface area contributed by atoms with Crippen LogP contribution in [0.4, 0.5) is 0 Å². The van der Waals surface area contributed by atoms with Crippen molar-refractivity contribution in [1.82, 2.24) is 0 Å². The van der Waals surface area contributed by atoms with Crippen molar-refractivity contribution in [3.8, 4) is 11.5 Å². The zero-order valence-corrected chi connectivity index (χ0v) is 14.8. The highest BCUT2D eigenvalue weighted by molar-refractivity contribution is 8.13. The fourth-order valence-electron chi connectivity index (χ4n) is 2.31. The molecule has 0 amide bonds. The van der Waals surface area contributed by atoms with Gasteiger partial charge in [0.1, 0.15) is 11.5 Å². The molecule has 0 aromatic heterocycles. The van der Waals surface area contributed by atoms with Gasteiger partial charge in [-0.2, -0.15) is 0 Å². The van der Waals surface area contributed by atoms with Crippen LogP contribution in [-0.4, -0.2) is 25.1 Å². The Hall–Kier alpha value is -2.27. The van der Waals surface area contributed by atoms with E-state index in [1.807, 2.05) is 24.3 Å². The van der Waals surface area contributed by atoms with Crippen LogP contribution in [0, 0.1) is 0 Å². The van der Waals surface area contributed by atoms with Crippen molar-refractivity contribution in [2.24, 2.45) is 0 Å². The van der Waals surface area contributed by atoms with E-state index >= 15 is 0 Å². The predicted molar refractivity (Wildman–Crippen MR) is 95.9 cm³/mol. The molecule has 0 bridgehead atoms. The summed E-state index contributed by atoms with van der Waals surface area (Å²) < 4.78 is 10.3. The molecule has 4 nitrogen and oxygen atoms in total. The molecule has 126 valence electrons. The molecule has 2 aromatic rings. The molecule has 1 atom stereocenters. The number of methoxy groups -OCH3 is 2. The first-order valence-electron chi connectivity index (χ1n) is 7.52. The monoisotopic (exact) mass is 344 g/mol. The summed E-state index contributed by atoms with van der Waals surface area (Å²) in [4.78, 5) is 24.1. The third-order valence-electron chi connectivity index (χ3n) is 3.58. The van der Waals surface area contributed by atoms with Crippen molar-refractivity contribution in [2.75, 3.05) is 14.2 Å². The van der Waals surface area contributed by atoms with E-state index in [1.54, 1.807) is 38.5 Å². The number of rotatable bonds is 7. The van der Waals surface area contributed by atoms with Gasteiger partial charge in [-0.25, -0.2) is 0 Å². The standard InChI is InChI=1S/C19H20O4S/c1-13(20)24-19(15-6-10-17(23-3)11-7-15)12-18(21)14-4-8-16(22-2)9-5-14/h4-11,19H,12H2,1-3H3. The van der Waals surface area contributed by atoms with Crippen molar-refractivity contribution in [2.45, 2.75) is 18.6 Å². The van der Waals surface area contributed by atoms with Gasteiger partial charge in [-0.1, -0.05) is 23.9 Å². The van der Waals surface area contributed by atoms with Crippen molar-refractivity contribution in [3.05, 3.63) is 59.7 Å². The summed E-state index contributed by atoms with van der Waals surface area (Å²) in [5.41, 5.74) is 1.54. The number of ether oxygens (including phenoxy) is 2. The quantitative estimate of drug-likeness (QED) is 0.701. The number of hydrogen-bond acceptors (Lipinski definition) is 5. The molecule has 2 aromatic carbocycles. The van der Waals surface area contributed by atoms with Gasteiger partial charge in [-0.3, -0.25) is 9.59 Å². The van der Waals surface area contributed by atoms with Crippen molar-refractivity contribution >= 4 is 22.7 Å². The molecule has 0 aliphatic rings. The second-order valence-corrected chi connectivity index (χ2v) is 6.61. The van der Waals surface area contributed by atoms with Crippen LogP contribution in [0.25, 0.3) is 0 Å². The summed E-state index contributed by atoms with van der Waals surface area (Å²) in [6.07, 6.45) is 0.253. The van der Waals surface area contributed by atoms with E-state index in [2.05, 4.69) is 0 Å². The molecule has 5 heteroatoms. The number of benzene rings is 2. The van der Waals surface area contributed by atoms with Gasteiger partial charge in [0, 0.05) is 24.2 Å². The molecule has 0 fully saturated rings. The fourth-order valence-corrected chi connectivity index (χ4v) is 3.24. The first-order valence-corrected chi connectivity index (χ1v) is 8.40. The van der Waals surface area contributed by atoms with Crippen LogP contribution < -0.4 is 9.47 Å². The maximum absolute atomic E-state index is 12.5. The van der Waals surface area contributed by atoms with E-state index in [9.17, 15) is 9.59 Å². The number of carbonyl (C=O) groups excluding carboxylic acids is 2. The Balaban J connectivity index is 2.17. The number of ketones is 1. The Kier molecular flexibility index (Phi) is 6.44. The van der Waals surface area contributed by atoms with Gasteiger partial charge in [-0.15, -0.1) is 0 Å². The molecule has 0 saturated heterocycles. The highest BCUT2D eigenvalue weighted by Crippen LogP contribution is 2.34. The second kappa shape index (κ2) is 8.55.